The first-order valence-electron chi connectivity index (χ1n) is 36.0. The van der Waals surface area contributed by atoms with Gasteiger partial charge in [0.15, 0.2) is 35.9 Å². The molecular formula is C64H96F3N33O33S3. The molecule has 1 aromatic carbocycles. The van der Waals surface area contributed by atoms with Crippen LogP contribution in [0.4, 0.5) is 13.2 Å². The van der Waals surface area contributed by atoms with Crippen molar-refractivity contribution < 1.29 is 107 Å². The van der Waals surface area contributed by atoms with Crippen molar-refractivity contribution in [3.05, 3.63) is 210 Å². The maximum atomic E-state index is 11.2. The number of rotatable bonds is 5. The van der Waals surface area contributed by atoms with Crippen molar-refractivity contribution in [3.8, 4) is 11.9 Å². The van der Waals surface area contributed by atoms with E-state index in [4.69, 9.17) is 15.6 Å². The van der Waals surface area contributed by atoms with Crippen molar-refractivity contribution in [2.75, 3.05) is 20.2 Å². The SMILES string of the molecule is CC(=O)NC#N.CC(=O)NCC(F)(F)F.CC(=O)NO.CC(=O)OCc1oc(=O)oc1C.CC1=NOC(=O)C1.CC1=NS(=O)ON1.CCNC(C)=O.CONC(C)=O.Cc1c(O)c(=O)c1=O.Cc1cc(=O)[nH][nH]1.Cc1cc(=O)[nH]o1.Cc1n[nH]c(=O)[nH]1.Cc1n[nH]c(=O)o1.Cc1nn[nH]n1.Cc1noc(=O)[nH]1.Cc1nsc(=O)[nH]1.Cc1nsc(=O)[nH]1.Cn1nn[nH]c1=O.Cn1oc(=O)[nH]c1=O. The number of aryl methyl sites for hydroxylation is 11. The summed E-state index contributed by atoms with van der Waals surface area (Å²) in [6.07, 6.45) is -2.47. The third-order valence-corrected chi connectivity index (χ3v) is 13.0. The van der Waals surface area contributed by atoms with Gasteiger partial charge in [0.2, 0.25) is 40.9 Å². The molecule has 0 saturated carbocycles. The van der Waals surface area contributed by atoms with E-state index in [2.05, 4.69) is 177 Å². The zero-order valence-corrected chi connectivity index (χ0v) is 78.0. The molecule has 2 aliphatic rings. The summed E-state index contributed by atoms with van der Waals surface area (Å²) in [5.41, 5.74) is 4.91. The number of tetrazole rings is 2. The maximum Gasteiger partial charge on any atom is 0.519 e. The number of carbonyl (C=O) groups is 7. The molecular weight excluding hydrogens is 1910 g/mol. The molecule has 11 aromatic heterocycles. The molecule has 754 valence electrons. The number of ether oxygens (including phenoxy) is 1. The molecule has 14 rings (SSSR count). The highest BCUT2D eigenvalue weighted by Crippen LogP contribution is 2.12. The predicted octanol–water partition coefficient (Wildman–Crippen LogP) is -4.65. The van der Waals surface area contributed by atoms with Crippen molar-refractivity contribution in [1.82, 2.24) is 153 Å². The number of esters is 1. The zero-order chi connectivity index (χ0) is 106. The first-order valence-corrected chi connectivity index (χ1v) is 38.6. The second-order valence-electron chi connectivity index (χ2n) is 23.4. The Morgan fingerprint density at radius 1 is 0.662 bits per heavy atom. The topological polar surface area (TPSA) is 964 Å². The summed E-state index contributed by atoms with van der Waals surface area (Å²) in [4.78, 5) is 221. The predicted molar refractivity (Wildman–Crippen MR) is 457 cm³/mol. The fourth-order valence-corrected chi connectivity index (χ4v) is 7.10. The molecule has 0 bridgehead atoms. The smallest absolute Gasteiger partial charge is 0.504 e. The lowest BCUT2D eigenvalue weighted by Crippen LogP contribution is -2.32. The number of amidine groups is 1. The standard InChI is InChI=1S/C7H8O5.C5H4O3.C4H6F3NO.C4H6N2O.2C4H5NO2.C4H9NO.C3H5N3O.C3H4N2O3.2C3H4N2O2.2C3H4N2OS.C3H4N2O.C3H7NO2.C2H4N4O.C2H4N4.C2H4N2O2S.C2H5NO2/c1-4-6(3-10-5(2)8)12-7(9)11-4;1-2-3(6)5(8)4(2)7;1-3(9)8-2-4(5,6)7;1-3-2-4(7)6-5-3;1-3-2-4(6)5-7-3;1-3-2-4(6)7-5-3;1-3-5-4(2)6;1-2-4-3(7)6-5-2;1-5-2(6)4-3(7)8-5;1-2-4-5-3(6)7-2;3*1-2-4-3(6)7-5-2;1-3(6)5-2-4;1-3(5)4-6-2;1-6-2(7)3-4-5-6;1-2-3-5-6-4-2;1-2-3-6-7(5)4-2;1-2(4)3-5/h3H2,1-2H3;6H,1H3;2H2,1H3,(H,8,9);2H,1H3,(H2,5,6,7);2H,1H3,(H,5,6);2H2,1H3;3H2,1-2H3,(H,5,6);1H3,(H2,4,5,6,7);1H3,(H,4,6,7);1H3,(H,5,6);3*1H3,(H,4,5,6);1H3,(H,5,6);1-2H3,(H,4,5);1H3,(H,3,5,7);1H3,(H,3,4,5,6);1H3,(H,3,4);5H,1H3,(H,3,4). The zero-order valence-electron chi connectivity index (χ0n) is 75.6. The number of alkyl halides is 3. The van der Waals surface area contributed by atoms with Gasteiger partial charge in [0.05, 0.1) is 26.3 Å². The van der Waals surface area contributed by atoms with E-state index in [1.54, 1.807) is 74.6 Å². The lowest BCUT2D eigenvalue weighted by molar-refractivity contribution is -0.143. The number of hydroxylamine groups is 3. The van der Waals surface area contributed by atoms with Gasteiger partial charge in [-0.05, 0) is 93.5 Å². The number of nitriles is 1. The highest BCUT2D eigenvalue weighted by molar-refractivity contribution is 7.79. The van der Waals surface area contributed by atoms with Gasteiger partial charge < -0.3 is 52.7 Å². The molecule has 2 aliphatic heterocycles. The van der Waals surface area contributed by atoms with E-state index in [0.717, 1.165) is 57.4 Å². The van der Waals surface area contributed by atoms with E-state index in [-0.39, 0.29) is 79.6 Å². The minimum atomic E-state index is -4.30. The lowest BCUT2D eigenvalue weighted by Gasteiger charge is -2.04. The highest BCUT2D eigenvalue weighted by Gasteiger charge is 2.27. The molecule has 12 aromatic rings. The van der Waals surface area contributed by atoms with Crippen LogP contribution in [0.15, 0.2) is 111 Å². The second-order valence-corrected chi connectivity index (χ2v) is 25.7. The normalized spacial score (nSPS) is 10.7. The van der Waals surface area contributed by atoms with E-state index in [1.807, 2.05) is 24.1 Å². The molecule has 136 heavy (non-hydrogen) atoms. The van der Waals surface area contributed by atoms with E-state index >= 15 is 0 Å². The average Bonchev–Trinajstić information content (AvgIpc) is 1.59. The van der Waals surface area contributed by atoms with Gasteiger partial charge in [-0.3, -0.25) is 102 Å². The molecule has 20 N–H and O–H groups in total. The Morgan fingerprint density at radius 2 is 1.25 bits per heavy atom. The number of H-pyrrole nitrogens is 12. The first kappa shape index (κ1) is 127. The Labute approximate surface area is 765 Å². The van der Waals surface area contributed by atoms with Crippen molar-refractivity contribution in [1.29, 1.82) is 5.26 Å². The van der Waals surface area contributed by atoms with Crippen LogP contribution in [-0.4, -0.2) is 214 Å². The lowest BCUT2D eigenvalue weighted by atomic mass is 10.1. The largest absolute Gasteiger partial charge is 0.519 e. The summed E-state index contributed by atoms with van der Waals surface area (Å²) in [6.45, 7) is 29.1. The van der Waals surface area contributed by atoms with Crippen LogP contribution in [-0.2, 0) is 84.2 Å². The Kier molecular flexibility index (Phi) is 68.0. The molecule has 0 saturated heterocycles. The van der Waals surface area contributed by atoms with Crippen molar-refractivity contribution in [2.24, 2.45) is 23.6 Å². The molecule has 13 heterocycles. The molecule has 5 amide bonds. The maximum absolute atomic E-state index is 11.2. The Hall–Kier alpha value is -17.1. The number of hydrogen-bond donors (Lipinski definition) is 20. The molecule has 1 unspecified atom stereocenters. The van der Waals surface area contributed by atoms with Gasteiger partial charge in [-0.1, -0.05) is 15.5 Å². The fraction of sp³-hybridized carbons (Fsp3) is 0.422. The number of hydrogen-bond acceptors (Lipinski definition) is 48. The monoisotopic (exact) mass is 2010 g/mol. The minimum Gasteiger partial charge on any atom is -0.504 e. The molecule has 0 spiro atoms. The summed E-state index contributed by atoms with van der Waals surface area (Å²) in [6, 6.07) is 2.89. The van der Waals surface area contributed by atoms with E-state index in [0.29, 0.717) is 58.8 Å². The number of amides is 5. The van der Waals surface area contributed by atoms with E-state index < -0.39 is 81.4 Å². The summed E-state index contributed by atoms with van der Waals surface area (Å²) >= 11 is 0.410. The summed E-state index contributed by atoms with van der Waals surface area (Å²) in [5, 5.41) is 76.1. The number of carbonyl (C=O) groups excluding carboxylic acids is 7. The van der Waals surface area contributed by atoms with Gasteiger partial charge in [-0.15, -0.1) is 19.7 Å². The molecule has 66 nitrogen and oxygen atoms in total. The number of aromatic nitrogens is 24. The summed E-state index contributed by atoms with van der Waals surface area (Å²) in [7, 11) is 4.26. The van der Waals surface area contributed by atoms with Gasteiger partial charge in [0, 0.05) is 109 Å². The third-order valence-electron chi connectivity index (χ3n) is 11.1. The van der Waals surface area contributed by atoms with Crippen LogP contribution < -0.4 is 104 Å². The van der Waals surface area contributed by atoms with Crippen LogP contribution in [0.1, 0.15) is 132 Å². The third kappa shape index (κ3) is 76.9. The fourth-order valence-electron chi connectivity index (χ4n) is 5.69. The van der Waals surface area contributed by atoms with Crippen LogP contribution in [0.5, 0.6) is 5.75 Å². The van der Waals surface area contributed by atoms with Crippen molar-refractivity contribution in [2.45, 2.75) is 151 Å². The van der Waals surface area contributed by atoms with Crippen LogP contribution in [0.3, 0.4) is 0 Å². The number of nitrogens with one attached hydrogen (secondary N) is 18. The quantitative estimate of drug-likeness (QED) is 0.0147. The second kappa shape index (κ2) is 72.6. The Bertz CT molecular complexity index is 5860. The molecule has 0 aliphatic carbocycles. The number of aromatic amines is 12. The van der Waals surface area contributed by atoms with Gasteiger partial charge in [0.1, 0.15) is 41.4 Å². The van der Waals surface area contributed by atoms with Crippen LogP contribution in [0.2, 0.25) is 0 Å². The molecule has 0 radical (unpaired) electrons. The highest BCUT2D eigenvalue weighted by atomic mass is 32.2. The van der Waals surface area contributed by atoms with E-state index in [9.17, 15) is 113 Å². The Balaban J connectivity index is -0.000000445. The van der Waals surface area contributed by atoms with Gasteiger partial charge >= 0.3 is 79.3 Å². The number of halogens is 3. The summed E-state index contributed by atoms with van der Waals surface area (Å²) < 4.78 is 91.6. The average molecular weight is 2010 g/mol. The van der Waals surface area contributed by atoms with Crippen molar-refractivity contribution in [3.63, 3.8) is 0 Å². The first-order chi connectivity index (χ1) is 63.2. The van der Waals surface area contributed by atoms with E-state index in [1.165, 1.54) is 86.6 Å². The van der Waals surface area contributed by atoms with Crippen LogP contribution in [0.25, 0.3) is 0 Å². The minimum absolute atomic E-state index is 0.0394. The molecule has 72 heteroatoms. The number of nitrogens with zero attached hydrogens (tertiary/aromatic N) is 15. The summed E-state index contributed by atoms with van der Waals surface area (Å²) in [5.74, 6) is 0.137. The van der Waals surface area contributed by atoms with Crippen LogP contribution >= 0.6 is 23.1 Å². The van der Waals surface area contributed by atoms with Crippen LogP contribution in [0, 0.1) is 80.7 Å². The van der Waals surface area contributed by atoms with Crippen molar-refractivity contribution >= 4 is 87.4 Å². The molecule has 0 fully saturated rings. The molecule has 1 atom stereocenters. The number of oxime groups is 1. The number of aromatic hydroxyl groups is 1. The van der Waals surface area contributed by atoms with Gasteiger partial charge in [-0.25, -0.2) is 79.3 Å². The van der Waals surface area contributed by atoms with Gasteiger partial charge in [-0.2, -0.15) is 56.4 Å². The Morgan fingerprint density at radius 3 is 1.38 bits per heavy atom. The van der Waals surface area contributed by atoms with Gasteiger partial charge in [0.25, 0.3) is 16.5 Å².